The van der Waals surface area contributed by atoms with Crippen LogP contribution in [0.4, 0.5) is 0 Å². The third-order valence-corrected chi connectivity index (χ3v) is 2.48. The van der Waals surface area contributed by atoms with Gasteiger partial charge in [-0.05, 0) is 30.9 Å². The van der Waals surface area contributed by atoms with Crippen molar-refractivity contribution in [3.05, 3.63) is 23.8 Å². The molecule has 0 N–H and O–H groups in total. The highest BCUT2D eigenvalue weighted by molar-refractivity contribution is 5.52. The predicted octanol–water partition coefficient (Wildman–Crippen LogP) is 2.36. The molecule has 0 atom stereocenters. The lowest BCUT2D eigenvalue weighted by atomic mass is 10.2. The number of methoxy groups -OCH3 is 1. The van der Waals surface area contributed by atoms with E-state index in [2.05, 4.69) is 6.07 Å². The first-order chi connectivity index (χ1) is 7.35. The SMILES string of the molecule is COc1cccc(C#N)c1OCC1CC1. The summed E-state index contributed by atoms with van der Waals surface area (Å²) in [5.74, 6) is 1.88. The van der Waals surface area contributed by atoms with E-state index in [9.17, 15) is 0 Å². The Hall–Kier alpha value is -1.69. The average molecular weight is 203 g/mol. The normalized spacial score (nSPS) is 14.4. The molecule has 1 fully saturated rings. The van der Waals surface area contributed by atoms with Crippen LogP contribution >= 0.6 is 0 Å². The van der Waals surface area contributed by atoms with E-state index in [1.807, 2.05) is 6.07 Å². The third-order valence-electron chi connectivity index (χ3n) is 2.48. The standard InChI is InChI=1S/C12H13NO2/c1-14-11-4-2-3-10(7-13)12(11)15-8-9-5-6-9/h2-4,9H,5-6,8H2,1H3. The maximum Gasteiger partial charge on any atom is 0.178 e. The van der Waals surface area contributed by atoms with Crippen molar-refractivity contribution in [2.75, 3.05) is 13.7 Å². The van der Waals surface area contributed by atoms with Crippen LogP contribution in [0.2, 0.25) is 0 Å². The maximum absolute atomic E-state index is 8.93. The highest BCUT2D eigenvalue weighted by atomic mass is 16.5. The lowest BCUT2D eigenvalue weighted by molar-refractivity contribution is 0.279. The molecule has 0 aliphatic heterocycles. The molecular formula is C12H13NO2. The molecule has 0 spiro atoms. The highest BCUT2D eigenvalue weighted by Gasteiger charge is 2.23. The fourth-order valence-corrected chi connectivity index (χ4v) is 1.40. The molecule has 0 amide bonds. The number of hydrogen-bond donors (Lipinski definition) is 0. The molecule has 2 rings (SSSR count). The second kappa shape index (κ2) is 4.22. The molecule has 3 heteroatoms. The minimum Gasteiger partial charge on any atom is -0.493 e. The molecule has 1 aliphatic carbocycles. The van der Waals surface area contributed by atoms with Gasteiger partial charge in [0.1, 0.15) is 6.07 Å². The van der Waals surface area contributed by atoms with Gasteiger partial charge in [0, 0.05) is 0 Å². The average Bonchev–Trinajstić information content (AvgIpc) is 3.09. The molecule has 0 heterocycles. The summed E-state index contributed by atoms with van der Waals surface area (Å²) in [5.41, 5.74) is 0.537. The molecule has 1 aromatic carbocycles. The van der Waals surface area contributed by atoms with E-state index < -0.39 is 0 Å². The van der Waals surface area contributed by atoms with Gasteiger partial charge in [-0.3, -0.25) is 0 Å². The Morgan fingerprint density at radius 2 is 2.27 bits per heavy atom. The summed E-state index contributed by atoms with van der Waals surface area (Å²) >= 11 is 0. The maximum atomic E-state index is 8.93. The summed E-state index contributed by atoms with van der Waals surface area (Å²) < 4.78 is 10.8. The minimum absolute atomic E-state index is 0.537. The fraction of sp³-hybridized carbons (Fsp3) is 0.417. The van der Waals surface area contributed by atoms with Crippen LogP contribution < -0.4 is 9.47 Å². The van der Waals surface area contributed by atoms with Crippen LogP contribution in [0, 0.1) is 17.2 Å². The number of para-hydroxylation sites is 1. The van der Waals surface area contributed by atoms with Crippen molar-refractivity contribution in [3.8, 4) is 17.6 Å². The summed E-state index contributed by atoms with van der Waals surface area (Å²) in [6, 6.07) is 7.45. The zero-order valence-corrected chi connectivity index (χ0v) is 8.69. The number of benzene rings is 1. The van der Waals surface area contributed by atoms with Gasteiger partial charge in [-0.2, -0.15) is 5.26 Å². The summed E-state index contributed by atoms with van der Waals surface area (Å²) in [4.78, 5) is 0. The van der Waals surface area contributed by atoms with Crippen LogP contribution in [0.25, 0.3) is 0 Å². The van der Waals surface area contributed by atoms with Gasteiger partial charge in [0.2, 0.25) is 0 Å². The number of hydrogen-bond acceptors (Lipinski definition) is 3. The van der Waals surface area contributed by atoms with Crippen molar-refractivity contribution in [1.29, 1.82) is 5.26 Å². The Morgan fingerprint density at radius 1 is 1.47 bits per heavy atom. The Bertz CT molecular complexity index is 391. The van der Waals surface area contributed by atoms with Crippen molar-refractivity contribution in [3.63, 3.8) is 0 Å². The number of nitriles is 1. The van der Waals surface area contributed by atoms with Crippen LogP contribution in [-0.4, -0.2) is 13.7 Å². The van der Waals surface area contributed by atoms with Crippen molar-refractivity contribution >= 4 is 0 Å². The Morgan fingerprint density at radius 3 is 2.87 bits per heavy atom. The minimum atomic E-state index is 0.537. The first-order valence-corrected chi connectivity index (χ1v) is 5.05. The summed E-state index contributed by atoms with van der Waals surface area (Å²) in [6.07, 6.45) is 2.47. The van der Waals surface area contributed by atoms with Gasteiger partial charge in [0.15, 0.2) is 11.5 Å². The van der Waals surface area contributed by atoms with Gasteiger partial charge in [-0.25, -0.2) is 0 Å². The van der Waals surface area contributed by atoms with Crippen molar-refractivity contribution in [2.24, 2.45) is 5.92 Å². The van der Waals surface area contributed by atoms with Crippen LogP contribution in [0.3, 0.4) is 0 Å². The van der Waals surface area contributed by atoms with Gasteiger partial charge < -0.3 is 9.47 Å². The first-order valence-electron chi connectivity index (χ1n) is 5.05. The fourth-order valence-electron chi connectivity index (χ4n) is 1.40. The Kier molecular flexibility index (Phi) is 2.77. The smallest absolute Gasteiger partial charge is 0.178 e. The second-order valence-electron chi connectivity index (χ2n) is 3.70. The quantitative estimate of drug-likeness (QED) is 0.754. The molecule has 78 valence electrons. The number of ether oxygens (including phenoxy) is 2. The van der Waals surface area contributed by atoms with Crippen LogP contribution in [-0.2, 0) is 0 Å². The van der Waals surface area contributed by atoms with E-state index in [-0.39, 0.29) is 0 Å². The summed E-state index contributed by atoms with van der Waals surface area (Å²) in [6.45, 7) is 0.690. The summed E-state index contributed by atoms with van der Waals surface area (Å²) in [5, 5.41) is 8.93. The van der Waals surface area contributed by atoms with Crippen LogP contribution in [0.15, 0.2) is 18.2 Å². The van der Waals surface area contributed by atoms with Gasteiger partial charge in [0.25, 0.3) is 0 Å². The second-order valence-corrected chi connectivity index (χ2v) is 3.70. The molecule has 15 heavy (non-hydrogen) atoms. The van der Waals surface area contributed by atoms with Gasteiger partial charge in [-0.15, -0.1) is 0 Å². The molecule has 1 aliphatic rings. The molecule has 0 unspecified atom stereocenters. The lowest BCUT2D eigenvalue weighted by Gasteiger charge is -2.11. The largest absolute Gasteiger partial charge is 0.493 e. The first kappa shape index (κ1) is 9.85. The monoisotopic (exact) mass is 203 g/mol. The molecular weight excluding hydrogens is 190 g/mol. The summed E-state index contributed by atoms with van der Waals surface area (Å²) in [7, 11) is 1.58. The van der Waals surface area contributed by atoms with Crippen molar-refractivity contribution in [1.82, 2.24) is 0 Å². The van der Waals surface area contributed by atoms with Gasteiger partial charge in [0.05, 0.1) is 19.3 Å². The van der Waals surface area contributed by atoms with Crippen LogP contribution in [0.5, 0.6) is 11.5 Å². The highest BCUT2D eigenvalue weighted by Crippen LogP contribution is 2.34. The van der Waals surface area contributed by atoms with E-state index in [1.54, 1.807) is 19.2 Å². The molecule has 1 saturated carbocycles. The number of rotatable bonds is 4. The molecule has 0 saturated heterocycles. The predicted molar refractivity (Wildman–Crippen MR) is 55.9 cm³/mol. The van der Waals surface area contributed by atoms with E-state index in [1.165, 1.54) is 12.8 Å². The zero-order valence-electron chi connectivity index (χ0n) is 8.69. The molecule has 3 nitrogen and oxygen atoms in total. The molecule has 0 aromatic heterocycles. The van der Waals surface area contributed by atoms with Crippen molar-refractivity contribution in [2.45, 2.75) is 12.8 Å². The Balaban J connectivity index is 2.19. The van der Waals surface area contributed by atoms with Gasteiger partial charge >= 0.3 is 0 Å². The Labute approximate surface area is 89.2 Å². The zero-order chi connectivity index (χ0) is 10.7. The topological polar surface area (TPSA) is 42.2 Å². The van der Waals surface area contributed by atoms with Gasteiger partial charge in [-0.1, -0.05) is 6.07 Å². The molecule has 0 radical (unpaired) electrons. The van der Waals surface area contributed by atoms with E-state index in [4.69, 9.17) is 14.7 Å². The number of nitrogens with zero attached hydrogens (tertiary/aromatic N) is 1. The van der Waals surface area contributed by atoms with E-state index in [0.29, 0.717) is 29.6 Å². The third kappa shape index (κ3) is 2.21. The van der Waals surface area contributed by atoms with E-state index in [0.717, 1.165) is 0 Å². The molecule has 1 aromatic rings. The lowest BCUT2D eigenvalue weighted by Crippen LogP contribution is -2.02. The van der Waals surface area contributed by atoms with Crippen molar-refractivity contribution < 1.29 is 9.47 Å². The van der Waals surface area contributed by atoms with E-state index >= 15 is 0 Å². The van der Waals surface area contributed by atoms with Crippen LogP contribution in [0.1, 0.15) is 18.4 Å². The molecule has 0 bridgehead atoms.